The normalized spacial score (nSPS) is 12.0. The minimum absolute atomic E-state index is 0.413. The van der Waals surface area contributed by atoms with Gasteiger partial charge in [-0.3, -0.25) is 0 Å². The number of nitrogens with zero attached hydrogens (tertiary/aromatic N) is 2. The van der Waals surface area contributed by atoms with Gasteiger partial charge in [0.1, 0.15) is 17.5 Å². The predicted octanol–water partition coefficient (Wildman–Crippen LogP) is 3.65. The molecule has 0 aliphatic heterocycles. The molecule has 0 amide bonds. The molecule has 1 unspecified atom stereocenters. The largest absolute Gasteiger partial charge is 0.370 e. The van der Waals surface area contributed by atoms with Crippen molar-refractivity contribution in [3.63, 3.8) is 0 Å². The summed E-state index contributed by atoms with van der Waals surface area (Å²) in [5, 5.41) is 6.76. The molecule has 1 aromatic heterocycles. The van der Waals surface area contributed by atoms with Gasteiger partial charge in [0.2, 0.25) is 0 Å². The SMILES string of the molecule is CCC(C)Nc1cc(NCCc2ccccc2)nc(C)n1. The van der Waals surface area contributed by atoms with Crippen molar-refractivity contribution >= 4 is 11.6 Å². The number of nitrogens with one attached hydrogen (secondary N) is 2. The summed E-state index contributed by atoms with van der Waals surface area (Å²) >= 11 is 0. The summed E-state index contributed by atoms with van der Waals surface area (Å²) in [6, 6.07) is 12.8. The van der Waals surface area contributed by atoms with E-state index in [0.717, 1.165) is 36.8 Å². The fraction of sp³-hybridized carbons (Fsp3) is 0.412. The van der Waals surface area contributed by atoms with Crippen molar-refractivity contribution in [3.8, 4) is 0 Å². The van der Waals surface area contributed by atoms with E-state index >= 15 is 0 Å². The third kappa shape index (κ3) is 5.06. The van der Waals surface area contributed by atoms with Gasteiger partial charge in [-0.1, -0.05) is 37.3 Å². The zero-order chi connectivity index (χ0) is 15.1. The Bertz CT molecular complexity index is 554. The van der Waals surface area contributed by atoms with Crippen molar-refractivity contribution in [3.05, 3.63) is 47.8 Å². The van der Waals surface area contributed by atoms with Gasteiger partial charge < -0.3 is 10.6 Å². The van der Waals surface area contributed by atoms with Crippen molar-refractivity contribution < 1.29 is 0 Å². The molecule has 2 aromatic rings. The Kier molecular flexibility index (Phi) is 5.55. The fourth-order valence-electron chi connectivity index (χ4n) is 2.07. The van der Waals surface area contributed by atoms with Crippen LogP contribution in [0.3, 0.4) is 0 Å². The van der Waals surface area contributed by atoms with Crippen LogP contribution in [0.15, 0.2) is 36.4 Å². The molecule has 0 aliphatic rings. The molecule has 0 fully saturated rings. The molecule has 1 atom stereocenters. The van der Waals surface area contributed by atoms with E-state index in [1.165, 1.54) is 5.56 Å². The quantitative estimate of drug-likeness (QED) is 0.815. The lowest BCUT2D eigenvalue weighted by Gasteiger charge is -2.14. The van der Waals surface area contributed by atoms with Crippen LogP contribution in [0.5, 0.6) is 0 Å². The summed E-state index contributed by atoms with van der Waals surface area (Å²) in [5.41, 5.74) is 1.33. The zero-order valence-corrected chi connectivity index (χ0v) is 13.1. The average Bonchev–Trinajstić information content (AvgIpc) is 2.47. The van der Waals surface area contributed by atoms with Gasteiger partial charge in [0.15, 0.2) is 0 Å². The lowest BCUT2D eigenvalue weighted by atomic mass is 10.1. The first-order valence-electron chi connectivity index (χ1n) is 7.57. The van der Waals surface area contributed by atoms with Crippen LogP contribution in [0.2, 0.25) is 0 Å². The molecule has 0 aliphatic carbocycles. The molecule has 4 nitrogen and oxygen atoms in total. The molecule has 0 spiro atoms. The van der Waals surface area contributed by atoms with Crippen molar-refractivity contribution in [2.75, 3.05) is 17.2 Å². The summed E-state index contributed by atoms with van der Waals surface area (Å²) < 4.78 is 0. The molecule has 1 aromatic carbocycles. The van der Waals surface area contributed by atoms with E-state index in [-0.39, 0.29) is 0 Å². The number of hydrogen-bond acceptors (Lipinski definition) is 4. The molecule has 0 saturated carbocycles. The van der Waals surface area contributed by atoms with Crippen molar-refractivity contribution in [1.82, 2.24) is 9.97 Å². The lowest BCUT2D eigenvalue weighted by molar-refractivity contribution is 0.757. The molecule has 2 N–H and O–H groups in total. The molecule has 2 rings (SSSR count). The van der Waals surface area contributed by atoms with Crippen molar-refractivity contribution in [2.45, 2.75) is 39.7 Å². The monoisotopic (exact) mass is 284 g/mol. The summed E-state index contributed by atoms with van der Waals surface area (Å²) in [6.45, 7) is 7.10. The van der Waals surface area contributed by atoms with E-state index in [9.17, 15) is 0 Å². The highest BCUT2D eigenvalue weighted by molar-refractivity contribution is 5.48. The molecule has 1 heterocycles. The van der Waals surface area contributed by atoms with Crippen LogP contribution in [0, 0.1) is 6.92 Å². The highest BCUT2D eigenvalue weighted by atomic mass is 15.1. The van der Waals surface area contributed by atoms with Gasteiger partial charge in [0, 0.05) is 18.7 Å². The lowest BCUT2D eigenvalue weighted by Crippen LogP contribution is -2.16. The van der Waals surface area contributed by atoms with E-state index in [2.05, 4.69) is 58.7 Å². The van der Waals surface area contributed by atoms with Crippen LogP contribution >= 0.6 is 0 Å². The molecular formula is C17H24N4. The van der Waals surface area contributed by atoms with E-state index in [1.807, 2.05) is 19.1 Å². The molecule has 21 heavy (non-hydrogen) atoms. The Morgan fingerprint density at radius 1 is 1.10 bits per heavy atom. The van der Waals surface area contributed by atoms with E-state index in [1.54, 1.807) is 0 Å². The standard InChI is InChI=1S/C17H24N4/c1-4-13(2)19-17-12-16(20-14(3)21-17)18-11-10-15-8-6-5-7-9-15/h5-9,12-13H,4,10-11H2,1-3H3,(H2,18,19,20,21). The Labute approximate surface area is 127 Å². The molecule has 0 radical (unpaired) electrons. The summed E-state index contributed by atoms with van der Waals surface area (Å²) in [4.78, 5) is 8.86. The molecule has 4 heteroatoms. The number of benzene rings is 1. The minimum Gasteiger partial charge on any atom is -0.370 e. The minimum atomic E-state index is 0.413. The van der Waals surface area contributed by atoms with E-state index in [4.69, 9.17) is 0 Å². The fourth-order valence-corrected chi connectivity index (χ4v) is 2.07. The molecule has 0 saturated heterocycles. The number of aromatic nitrogens is 2. The Hall–Kier alpha value is -2.10. The van der Waals surface area contributed by atoms with Crippen LogP contribution in [-0.4, -0.2) is 22.6 Å². The van der Waals surface area contributed by atoms with Crippen molar-refractivity contribution in [2.24, 2.45) is 0 Å². The van der Waals surface area contributed by atoms with Crippen LogP contribution in [0.1, 0.15) is 31.7 Å². The van der Waals surface area contributed by atoms with Gasteiger partial charge in [-0.25, -0.2) is 9.97 Å². The van der Waals surface area contributed by atoms with Crippen LogP contribution in [0.4, 0.5) is 11.6 Å². The van der Waals surface area contributed by atoms with E-state index in [0.29, 0.717) is 6.04 Å². The number of rotatable bonds is 7. The number of hydrogen-bond donors (Lipinski definition) is 2. The smallest absolute Gasteiger partial charge is 0.132 e. The first-order chi connectivity index (χ1) is 10.2. The summed E-state index contributed by atoms with van der Waals surface area (Å²) in [7, 11) is 0. The maximum absolute atomic E-state index is 4.44. The Morgan fingerprint density at radius 3 is 2.52 bits per heavy atom. The maximum Gasteiger partial charge on any atom is 0.132 e. The third-order valence-electron chi connectivity index (χ3n) is 3.41. The Morgan fingerprint density at radius 2 is 1.81 bits per heavy atom. The van der Waals surface area contributed by atoms with E-state index < -0.39 is 0 Å². The van der Waals surface area contributed by atoms with Crippen LogP contribution in [-0.2, 0) is 6.42 Å². The number of anilines is 2. The first kappa shape index (κ1) is 15.3. The second-order valence-electron chi connectivity index (χ2n) is 5.30. The predicted molar refractivity (Wildman–Crippen MR) is 88.8 cm³/mol. The third-order valence-corrected chi connectivity index (χ3v) is 3.41. The topological polar surface area (TPSA) is 49.8 Å². The van der Waals surface area contributed by atoms with Crippen molar-refractivity contribution in [1.29, 1.82) is 0 Å². The maximum atomic E-state index is 4.44. The van der Waals surface area contributed by atoms with Gasteiger partial charge in [-0.15, -0.1) is 0 Å². The zero-order valence-electron chi connectivity index (χ0n) is 13.1. The van der Waals surface area contributed by atoms with Gasteiger partial charge in [-0.05, 0) is 32.3 Å². The molecule has 112 valence electrons. The van der Waals surface area contributed by atoms with Gasteiger partial charge in [0.25, 0.3) is 0 Å². The second kappa shape index (κ2) is 7.62. The molecule has 0 bridgehead atoms. The first-order valence-corrected chi connectivity index (χ1v) is 7.57. The van der Waals surface area contributed by atoms with Crippen LogP contribution < -0.4 is 10.6 Å². The highest BCUT2D eigenvalue weighted by Crippen LogP contribution is 2.13. The average molecular weight is 284 g/mol. The molecular weight excluding hydrogens is 260 g/mol. The Balaban J connectivity index is 1.93. The summed E-state index contributed by atoms with van der Waals surface area (Å²) in [5.74, 6) is 2.55. The second-order valence-corrected chi connectivity index (χ2v) is 5.30. The van der Waals surface area contributed by atoms with Crippen LogP contribution in [0.25, 0.3) is 0 Å². The van der Waals surface area contributed by atoms with Gasteiger partial charge >= 0.3 is 0 Å². The highest BCUT2D eigenvalue weighted by Gasteiger charge is 2.04. The number of aryl methyl sites for hydroxylation is 1. The summed E-state index contributed by atoms with van der Waals surface area (Å²) in [6.07, 6.45) is 2.05. The van der Waals surface area contributed by atoms with Gasteiger partial charge in [0.05, 0.1) is 0 Å². The van der Waals surface area contributed by atoms with Gasteiger partial charge in [-0.2, -0.15) is 0 Å².